The minimum Gasteiger partial charge on any atom is -0.306 e. The minimum absolute atomic E-state index is 0.0898. The fourth-order valence-corrected chi connectivity index (χ4v) is 2.10. The SMILES string of the molecule is C[C@@H](NCc1cccc(C#N)c1)c1ccc(C(F)(F)F)cc1. The normalized spacial score (nSPS) is 12.7. The van der Waals surface area contributed by atoms with E-state index in [2.05, 4.69) is 11.4 Å². The summed E-state index contributed by atoms with van der Waals surface area (Å²) >= 11 is 0. The molecule has 1 atom stereocenters. The molecule has 22 heavy (non-hydrogen) atoms. The van der Waals surface area contributed by atoms with Gasteiger partial charge in [-0.3, -0.25) is 0 Å². The van der Waals surface area contributed by atoms with Gasteiger partial charge in [-0.1, -0.05) is 24.3 Å². The van der Waals surface area contributed by atoms with Crippen LogP contribution in [0.15, 0.2) is 48.5 Å². The Labute approximate surface area is 127 Å². The Morgan fingerprint density at radius 2 is 1.82 bits per heavy atom. The Bertz CT molecular complexity index is 670. The first-order chi connectivity index (χ1) is 10.4. The van der Waals surface area contributed by atoms with E-state index in [1.54, 1.807) is 18.2 Å². The Kier molecular flexibility index (Phi) is 4.84. The van der Waals surface area contributed by atoms with Gasteiger partial charge in [0.15, 0.2) is 0 Å². The molecule has 0 heterocycles. The van der Waals surface area contributed by atoms with Crippen molar-refractivity contribution in [1.82, 2.24) is 5.32 Å². The van der Waals surface area contributed by atoms with Gasteiger partial charge in [0, 0.05) is 12.6 Å². The number of nitrogens with zero attached hydrogens (tertiary/aromatic N) is 1. The maximum absolute atomic E-state index is 12.5. The number of hydrogen-bond acceptors (Lipinski definition) is 2. The molecule has 114 valence electrons. The largest absolute Gasteiger partial charge is 0.416 e. The molecule has 1 N–H and O–H groups in total. The first-order valence-electron chi connectivity index (χ1n) is 6.80. The lowest BCUT2D eigenvalue weighted by molar-refractivity contribution is -0.137. The van der Waals surface area contributed by atoms with Gasteiger partial charge in [-0.15, -0.1) is 0 Å². The molecule has 0 radical (unpaired) electrons. The summed E-state index contributed by atoms with van der Waals surface area (Å²) in [5, 5.41) is 12.1. The van der Waals surface area contributed by atoms with Crippen molar-refractivity contribution in [3.8, 4) is 6.07 Å². The van der Waals surface area contributed by atoms with Gasteiger partial charge in [0.25, 0.3) is 0 Å². The molecule has 2 nitrogen and oxygen atoms in total. The van der Waals surface area contributed by atoms with E-state index in [9.17, 15) is 13.2 Å². The first-order valence-corrected chi connectivity index (χ1v) is 6.80. The van der Waals surface area contributed by atoms with Crippen LogP contribution in [0, 0.1) is 11.3 Å². The van der Waals surface area contributed by atoms with Crippen molar-refractivity contribution < 1.29 is 13.2 Å². The Hall–Kier alpha value is -2.32. The Morgan fingerprint density at radius 1 is 1.14 bits per heavy atom. The van der Waals surface area contributed by atoms with Crippen LogP contribution >= 0.6 is 0 Å². The molecule has 2 rings (SSSR count). The number of nitriles is 1. The first kappa shape index (κ1) is 16.1. The van der Waals surface area contributed by atoms with Crippen LogP contribution in [0.3, 0.4) is 0 Å². The third kappa shape index (κ3) is 4.09. The molecule has 0 saturated heterocycles. The Balaban J connectivity index is 2.00. The van der Waals surface area contributed by atoms with Crippen LogP contribution in [0.1, 0.15) is 35.2 Å². The second-order valence-electron chi connectivity index (χ2n) is 5.03. The molecule has 0 aliphatic rings. The number of nitrogens with one attached hydrogen (secondary N) is 1. The molecule has 2 aromatic carbocycles. The van der Waals surface area contributed by atoms with Gasteiger partial charge in [-0.25, -0.2) is 0 Å². The van der Waals surface area contributed by atoms with Crippen LogP contribution in [-0.4, -0.2) is 0 Å². The lowest BCUT2D eigenvalue weighted by Gasteiger charge is -2.15. The minimum atomic E-state index is -4.31. The molecule has 0 unspecified atom stereocenters. The molecular formula is C17H15F3N2. The highest BCUT2D eigenvalue weighted by atomic mass is 19.4. The topological polar surface area (TPSA) is 35.8 Å². The number of halogens is 3. The van der Waals surface area contributed by atoms with Crippen molar-refractivity contribution >= 4 is 0 Å². The maximum atomic E-state index is 12.5. The highest BCUT2D eigenvalue weighted by molar-refractivity contribution is 5.33. The molecular weight excluding hydrogens is 289 g/mol. The molecule has 0 aromatic heterocycles. The molecule has 0 fully saturated rings. The molecule has 5 heteroatoms. The summed E-state index contributed by atoms with van der Waals surface area (Å²) in [6, 6.07) is 14.3. The zero-order valence-corrected chi connectivity index (χ0v) is 12.0. The van der Waals surface area contributed by atoms with Gasteiger partial charge >= 0.3 is 6.18 Å². The van der Waals surface area contributed by atoms with E-state index in [0.29, 0.717) is 12.1 Å². The van der Waals surface area contributed by atoms with Gasteiger partial charge in [-0.2, -0.15) is 18.4 Å². The van der Waals surface area contributed by atoms with Crippen LogP contribution < -0.4 is 5.32 Å². The third-order valence-corrected chi connectivity index (χ3v) is 3.41. The average Bonchev–Trinajstić information content (AvgIpc) is 2.52. The molecule has 2 aromatic rings. The van der Waals surface area contributed by atoms with Gasteiger partial charge in [0.05, 0.1) is 17.2 Å². The molecule has 0 spiro atoms. The van der Waals surface area contributed by atoms with Crippen molar-refractivity contribution in [2.24, 2.45) is 0 Å². The van der Waals surface area contributed by atoms with Crippen LogP contribution in [0.5, 0.6) is 0 Å². The number of rotatable bonds is 4. The molecule has 0 amide bonds. The number of hydrogen-bond donors (Lipinski definition) is 1. The van der Waals surface area contributed by atoms with Crippen LogP contribution in [-0.2, 0) is 12.7 Å². The number of benzene rings is 2. The highest BCUT2D eigenvalue weighted by Gasteiger charge is 2.30. The van der Waals surface area contributed by atoms with Crippen LogP contribution in [0.4, 0.5) is 13.2 Å². The summed E-state index contributed by atoms with van der Waals surface area (Å²) in [5.74, 6) is 0. The summed E-state index contributed by atoms with van der Waals surface area (Å²) in [6.07, 6.45) is -4.31. The second kappa shape index (κ2) is 6.63. The maximum Gasteiger partial charge on any atom is 0.416 e. The van der Waals surface area contributed by atoms with Crippen molar-refractivity contribution in [2.75, 3.05) is 0 Å². The predicted molar refractivity (Wildman–Crippen MR) is 77.9 cm³/mol. The second-order valence-corrected chi connectivity index (χ2v) is 5.03. The van der Waals surface area contributed by atoms with E-state index in [0.717, 1.165) is 23.3 Å². The summed E-state index contributed by atoms with van der Waals surface area (Å²) in [5.41, 5.74) is 1.67. The van der Waals surface area contributed by atoms with Gasteiger partial charge in [-0.05, 0) is 42.3 Å². The van der Waals surface area contributed by atoms with Crippen LogP contribution in [0.2, 0.25) is 0 Å². The number of alkyl halides is 3. The van der Waals surface area contributed by atoms with Crippen molar-refractivity contribution in [3.05, 3.63) is 70.8 Å². The zero-order chi connectivity index (χ0) is 16.2. The van der Waals surface area contributed by atoms with E-state index < -0.39 is 11.7 Å². The van der Waals surface area contributed by atoms with E-state index in [4.69, 9.17) is 5.26 Å². The fourth-order valence-electron chi connectivity index (χ4n) is 2.10. The van der Waals surface area contributed by atoms with E-state index in [1.807, 2.05) is 13.0 Å². The third-order valence-electron chi connectivity index (χ3n) is 3.41. The predicted octanol–water partition coefficient (Wildman–Crippen LogP) is 4.43. The molecule has 0 saturated carbocycles. The fraction of sp³-hybridized carbons (Fsp3) is 0.235. The van der Waals surface area contributed by atoms with Gasteiger partial charge < -0.3 is 5.32 Å². The van der Waals surface area contributed by atoms with Gasteiger partial charge in [0.2, 0.25) is 0 Å². The quantitative estimate of drug-likeness (QED) is 0.907. The summed E-state index contributed by atoms with van der Waals surface area (Å²) in [4.78, 5) is 0. The standard InChI is InChI=1S/C17H15F3N2/c1-12(15-5-7-16(8-6-15)17(18,19)20)22-11-14-4-2-3-13(9-14)10-21/h2-9,12,22H,11H2,1H3/t12-/m1/s1. The van der Waals surface area contributed by atoms with E-state index in [1.165, 1.54) is 12.1 Å². The lowest BCUT2D eigenvalue weighted by atomic mass is 10.1. The smallest absolute Gasteiger partial charge is 0.306 e. The van der Waals surface area contributed by atoms with E-state index in [-0.39, 0.29) is 6.04 Å². The van der Waals surface area contributed by atoms with E-state index >= 15 is 0 Å². The molecule has 0 aliphatic heterocycles. The van der Waals surface area contributed by atoms with Crippen molar-refractivity contribution in [1.29, 1.82) is 5.26 Å². The molecule has 0 aliphatic carbocycles. The monoisotopic (exact) mass is 304 g/mol. The van der Waals surface area contributed by atoms with Crippen molar-refractivity contribution in [3.63, 3.8) is 0 Å². The zero-order valence-electron chi connectivity index (χ0n) is 12.0. The highest BCUT2D eigenvalue weighted by Crippen LogP contribution is 2.29. The van der Waals surface area contributed by atoms with Crippen molar-refractivity contribution in [2.45, 2.75) is 25.7 Å². The molecule has 0 bridgehead atoms. The summed E-state index contributed by atoms with van der Waals surface area (Å²) in [6.45, 7) is 2.43. The van der Waals surface area contributed by atoms with Crippen LogP contribution in [0.25, 0.3) is 0 Å². The summed E-state index contributed by atoms with van der Waals surface area (Å²) < 4.78 is 37.6. The van der Waals surface area contributed by atoms with Gasteiger partial charge in [0.1, 0.15) is 0 Å². The summed E-state index contributed by atoms with van der Waals surface area (Å²) in [7, 11) is 0. The Morgan fingerprint density at radius 3 is 2.41 bits per heavy atom. The average molecular weight is 304 g/mol. The lowest BCUT2D eigenvalue weighted by Crippen LogP contribution is -2.18.